The Morgan fingerprint density at radius 2 is 2.00 bits per heavy atom. The van der Waals surface area contributed by atoms with Gasteiger partial charge in [-0.15, -0.1) is 0 Å². The second kappa shape index (κ2) is 7.69. The molecule has 3 heterocycles. The molecule has 0 radical (unpaired) electrons. The first-order chi connectivity index (χ1) is 14.2. The van der Waals surface area contributed by atoms with Gasteiger partial charge in [0.25, 0.3) is 0 Å². The molecule has 5 atom stereocenters. The van der Waals surface area contributed by atoms with Gasteiger partial charge in [0.2, 0.25) is 20.2 Å². The third-order valence-electron chi connectivity index (χ3n) is 5.22. The third kappa shape index (κ3) is 3.71. The summed E-state index contributed by atoms with van der Waals surface area (Å²) in [5.74, 6) is 0.380. The van der Waals surface area contributed by atoms with Crippen LogP contribution in [0, 0.1) is 0 Å². The van der Waals surface area contributed by atoms with E-state index < -0.39 is 36.4 Å². The van der Waals surface area contributed by atoms with Crippen LogP contribution in [-0.2, 0) is 18.9 Å². The highest BCUT2D eigenvalue weighted by Crippen LogP contribution is 2.38. The maximum atomic E-state index is 11.7. The summed E-state index contributed by atoms with van der Waals surface area (Å²) in [5, 5.41) is 0.839. The number of pyridine rings is 1. The van der Waals surface area contributed by atoms with Crippen molar-refractivity contribution in [3.63, 3.8) is 0 Å². The van der Waals surface area contributed by atoms with Gasteiger partial charge in [-0.3, -0.25) is 9.78 Å². The van der Waals surface area contributed by atoms with Crippen molar-refractivity contribution in [3.8, 4) is 5.75 Å². The van der Waals surface area contributed by atoms with Crippen LogP contribution < -0.4 is 9.41 Å². The number of hydrogen-bond donors (Lipinski definition) is 0. The van der Waals surface area contributed by atoms with Crippen LogP contribution in [0.5, 0.6) is 5.75 Å². The summed E-state index contributed by atoms with van der Waals surface area (Å²) >= 11 is 0. The van der Waals surface area contributed by atoms with Crippen molar-refractivity contribution >= 4 is 45.8 Å². The van der Waals surface area contributed by atoms with Crippen molar-refractivity contribution in [1.82, 2.24) is 4.98 Å². The van der Waals surface area contributed by atoms with Crippen molar-refractivity contribution < 1.29 is 33.3 Å². The van der Waals surface area contributed by atoms with E-state index in [1.165, 1.54) is 19.6 Å². The van der Waals surface area contributed by atoms with E-state index in [-0.39, 0.29) is 5.81 Å². The number of benzene rings is 1. The van der Waals surface area contributed by atoms with Crippen LogP contribution in [0.15, 0.2) is 30.5 Å². The van der Waals surface area contributed by atoms with E-state index >= 15 is 0 Å². The van der Waals surface area contributed by atoms with Crippen LogP contribution in [0.25, 0.3) is 10.9 Å². The molecule has 9 nitrogen and oxygen atoms in total. The number of methoxy groups -OCH3 is 1. The van der Waals surface area contributed by atoms with Crippen LogP contribution in [0.4, 0.5) is 15.3 Å². The molecule has 1 aromatic carbocycles. The van der Waals surface area contributed by atoms with Crippen molar-refractivity contribution in [3.05, 3.63) is 30.5 Å². The standard InChI is InChI=1S/C19H22BN2O7P/c1-19(2)15(25-3)13-14(28-18(24)27-13)16(29-19)26-11-5-4-9-6-10(22(30)17(20)23)8-21-12(9)7-11/h4-8,13-16H,20,30H2,1-3H3/t13-,14+,15+,16+/m0/s1. The molecule has 158 valence electrons. The average Bonchev–Trinajstić information content (AvgIpc) is 3.07. The first kappa shape index (κ1) is 20.8. The van der Waals surface area contributed by atoms with Gasteiger partial charge in [0.05, 0.1) is 23.0 Å². The number of carbonyl (C=O) groups excluding carboxylic acids is 2. The monoisotopic (exact) mass is 432 g/mol. The fourth-order valence-electron chi connectivity index (χ4n) is 3.78. The molecule has 2 fully saturated rings. The maximum absolute atomic E-state index is 11.7. The number of ether oxygens (including phenoxy) is 5. The normalized spacial score (nSPS) is 27.1. The summed E-state index contributed by atoms with van der Waals surface area (Å²) in [6.07, 6.45) is -1.95. The first-order valence-electron chi connectivity index (χ1n) is 9.39. The second-order valence-corrected chi connectivity index (χ2v) is 8.23. The fraction of sp³-hybridized carbons (Fsp3) is 0.421. The Hall–Kier alpha value is -2.42. The molecule has 1 amide bonds. The lowest BCUT2D eigenvalue weighted by atomic mass is 9.89. The molecule has 1 unspecified atom stereocenters. The molecule has 1 aromatic heterocycles. The van der Waals surface area contributed by atoms with E-state index in [1.807, 2.05) is 26.0 Å². The van der Waals surface area contributed by atoms with Gasteiger partial charge in [0.1, 0.15) is 11.9 Å². The van der Waals surface area contributed by atoms with Crippen LogP contribution in [-0.4, -0.2) is 62.1 Å². The van der Waals surface area contributed by atoms with Crippen molar-refractivity contribution in [2.24, 2.45) is 0 Å². The molecule has 0 saturated carbocycles. The maximum Gasteiger partial charge on any atom is 0.509 e. The molecule has 2 aliphatic heterocycles. The SMILES string of the molecule is BC(=O)N(P)c1cnc2cc(O[C@@H]3OC(C)(C)[C@H](OC)[C@H]4OC(=O)O[C@@H]34)ccc2c1. The lowest BCUT2D eigenvalue weighted by Crippen LogP contribution is -2.62. The third-order valence-corrected chi connectivity index (χ3v) is 5.89. The van der Waals surface area contributed by atoms with E-state index in [4.69, 9.17) is 23.7 Å². The number of amides is 1. The Morgan fingerprint density at radius 3 is 2.70 bits per heavy atom. The second-order valence-electron chi connectivity index (χ2n) is 7.72. The number of fused-ring (bicyclic) bond motifs is 2. The molecule has 0 bridgehead atoms. The van der Waals surface area contributed by atoms with Gasteiger partial charge < -0.3 is 28.4 Å². The van der Waals surface area contributed by atoms with E-state index in [2.05, 4.69) is 14.4 Å². The van der Waals surface area contributed by atoms with Gasteiger partial charge in [0, 0.05) is 18.6 Å². The summed E-state index contributed by atoms with van der Waals surface area (Å²) < 4.78 is 29.6. The van der Waals surface area contributed by atoms with Crippen molar-refractivity contribution in [1.29, 1.82) is 0 Å². The molecule has 30 heavy (non-hydrogen) atoms. The summed E-state index contributed by atoms with van der Waals surface area (Å²) in [7, 11) is 5.37. The smallest absolute Gasteiger partial charge is 0.461 e. The Morgan fingerprint density at radius 1 is 1.27 bits per heavy atom. The Balaban J connectivity index is 1.59. The zero-order chi connectivity index (χ0) is 21.6. The largest absolute Gasteiger partial charge is 0.509 e. The zero-order valence-electron chi connectivity index (χ0n) is 17.0. The summed E-state index contributed by atoms with van der Waals surface area (Å²) in [6, 6.07) is 7.21. The van der Waals surface area contributed by atoms with E-state index in [9.17, 15) is 9.59 Å². The zero-order valence-corrected chi connectivity index (χ0v) is 18.2. The minimum absolute atomic E-state index is 0.115. The number of rotatable bonds is 4. The summed E-state index contributed by atoms with van der Waals surface area (Å²) in [4.78, 5) is 27.7. The molecule has 0 aliphatic carbocycles. The van der Waals surface area contributed by atoms with Crippen molar-refractivity contribution in [2.45, 2.75) is 44.1 Å². The van der Waals surface area contributed by atoms with Crippen LogP contribution >= 0.6 is 9.39 Å². The van der Waals surface area contributed by atoms with Gasteiger partial charge in [-0.1, -0.05) is 0 Å². The van der Waals surface area contributed by atoms with E-state index in [1.54, 1.807) is 18.3 Å². The van der Waals surface area contributed by atoms with Crippen molar-refractivity contribution in [2.75, 3.05) is 11.8 Å². The lowest BCUT2D eigenvalue weighted by molar-refractivity contribution is -0.282. The predicted molar refractivity (Wildman–Crippen MR) is 113 cm³/mol. The first-order valence-corrected chi connectivity index (χ1v) is 9.91. The molecule has 2 saturated heterocycles. The average molecular weight is 432 g/mol. The quantitative estimate of drug-likeness (QED) is 0.412. The molecule has 2 aromatic rings. The Kier molecular flexibility index (Phi) is 5.34. The molecular formula is C19H22BN2O7P. The number of anilines is 1. The summed E-state index contributed by atoms with van der Waals surface area (Å²) in [5.41, 5.74) is 0.571. The van der Waals surface area contributed by atoms with Gasteiger partial charge in [0.15, 0.2) is 11.9 Å². The van der Waals surface area contributed by atoms with Crippen LogP contribution in [0.1, 0.15) is 13.8 Å². The topological polar surface area (TPSA) is 96.4 Å². The predicted octanol–water partition coefficient (Wildman–Crippen LogP) is 2.02. The molecular weight excluding hydrogens is 410 g/mol. The summed E-state index contributed by atoms with van der Waals surface area (Å²) in [6.45, 7) is 3.68. The molecule has 0 N–H and O–H groups in total. The number of nitrogens with zero attached hydrogens (tertiary/aromatic N) is 2. The highest BCUT2D eigenvalue weighted by molar-refractivity contribution is 7.22. The van der Waals surface area contributed by atoms with Gasteiger partial charge in [-0.25, -0.2) is 4.79 Å². The van der Waals surface area contributed by atoms with Gasteiger partial charge in [-0.2, -0.15) is 0 Å². The Labute approximate surface area is 176 Å². The number of carbonyl (C=O) groups is 2. The molecule has 0 spiro atoms. The molecule has 4 rings (SSSR count). The molecule has 11 heteroatoms. The minimum atomic E-state index is -0.875. The highest BCUT2D eigenvalue weighted by atomic mass is 31.0. The van der Waals surface area contributed by atoms with Gasteiger partial charge in [-0.05, 0) is 41.4 Å². The van der Waals surface area contributed by atoms with E-state index in [0.717, 1.165) is 5.39 Å². The minimum Gasteiger partial charge on any atom is -0.461 e. The lowest BCUT2D eigenvalue weighted by Gasteiger charge is -2.45. The molecule has 2 aliphatic rings. The number of aromatic nitrogens is 1. The van der Waals surface area contributed by atoms with Crippen LogP contribution in [0.3, 0.4) is 0 Å². The van der Waals surface area contributed by atoms with Crippen LogP contribution in [0.2, 0.25) is 0 Å². The fourth-order valence-corrected chi connectivity index (χ4v) is 3.92. The number of hydrogen-bond acceptors (Lipinski definition) is 8. The van der Waals surface area contributed by atoms with Gasteiger partial charge >= 0.3 is 6.16 Å². The Bertz CT molecular complexity index is 1000. The van der Waals surface area contributed by atoms with E-state index in [0.29, 0.717) is 17.0 Å². The highest BCUT2D eigenvalue weighted by Gasteiger charge is 2.58.